The van der Waals surface area contributed by atoms with Crippen molar-refractivity contribution in [3.05, 3.63) is 0 Å². The fourth-order valence-corrected chi connectivity index (χ4v) is 1.35. The maximum Gasteiger partial charge on any atom is 0.219 e. The molecule has 0 unspecified atom stereocenters. The van der Waals surface area contributed by atoms with Crippen LogP contribution in [0.5, 0.6) is 0 Å². The largest absolute Gasteiger partial charge is 0.346 e. The Balaban J connectivity index is -0.0000000980. The van der Waals surface area contributed by atoms with Crippen LogP contribution in [0, 0.1) is 0 Å². The number of amides is 2. The van der Waals surface area contributed by atoms with E-state index in [0.29, 0.717) is 6.54 Å². The number of hydrogen-bond donors (Lipinski definition) is 0. The van der Waals surface area contributed by atoms with Crippen LogP contribution in [0.25, 0.3) is 0 Å². The summed E-state index contributed by atoms with van der Waals surface area (Å²) in [6.45, 7) is 7.44. The van der Waals surface area contributed by atoms with E-state index in [9.17, 15) is 9.59 Å². The smallest absolute Gasteiger partial charge is 0.219 e. The first-order chi connectivity index (χ1) is 6.99. The van der Waals surface area contributed by atoms with E-state index in [1.54, 1.807) is 25.8 Å². The standard InChI is InChI=1S/C11H22N2O2.5CH4/c1-5-7-13(11(3)15)9-6-8-12(4)10(2)14;;;;;/h5-9H2,1-4H3;5*1H4. The number of rotatable bonds is 6. The van der Waals surface area contributed by atoms with Gasteiger partial charge < -0.3 is 9.80 Å². The van der Waals surface area contributed by atoms with Gasteiger partial charge in [0.15, 0.2) is 0 Å². The van der Waals surface area contributed by atoms with E-state index in [-0.39, 0.29) is 48.9 Å². The van der Waals surface area contributed by atoms with E-state index in [0.717, 1.165) is 25.9 Å². The minimum absolute atomic E-state index is 0. The second-order valence-electron chi connectivity index (χ2n) is 3.80. The molecule has 0 rings (SSSR count). The van der Waals surface area contributed by atoms with Gasteiger partial charge in [0.05, 0.1) is 0 Å². The Hall–Kier alpha value is -1.06. The molecule has 2 amide bonds. The van der Waals surface area contributed by atoms with Crippen molar-refractivity contribution in [2.45, 2.75) is 70.7 Å². The Kier molecular flexibility index (Phi) is 36.9. The summed E-state index contributed by atoms with van der Waals surface area (Å²) >= 11 is 0. The summed E-state index contributed by atoms with van der Waals surface area (Å²) in [6.07, 6.45) is 1.82. The lowest BCUT2D eigenvalue weighted by atomic mass is 10.3. The maximum atomic E-state index is 11.2. The van der Waals surface area contributed by atoms with Gasteiger partial charge in [0, 0.05) is 40.5 Å². The molecule has 0 aliphatic carbocycles. The molecule has 0 atom stereocenters. The molecule has 0 saturated heterocycles. The van der Waals surface area contributed by atoms with E-state index < -0.39 is 0 Å². The van der Waals surface area contributed by atoms with E-state index in [1.807, 2.05) is 4.90 Å². The first-order valence-electron chi connectivity index (χ1n) is 5.46. The Morgan fingerprint density at radius 1 is 0.800 bits per heavy atom. The molecular formula is C16H42N2O2. The van der Waals surface area contributed by atoms with Gasteiger partial charge in [-0.25, -0.2) is 0 Å². The van der Waals surface area contributed by atoms with Crippen molar-refractivity contribution in [3.8, 4) is 0 Å². The van der Waals surface area contributed by atoms with E-state index in [2.05, 4.69) is 6.92 Å². The minimum Gasteiger partial charge on any atom is -0.346 e. The van der Waals surface area contributed by atoms with Gasteiger partial charge in [-0.2, -0.15) is 0 Å². The van der Waals surface area contributed by atoms with Crippen LogP contribution in [0.15, 0.2) is 0 Å². The quantitative estimate of drug-likeness (QED) is 0.733. The molecule has 20 heavy (non-hydrogen) atoms. The zero-order chi connectivity index (χ0) is 11.8. The third-order valence-corrected chi connectivity index (χ3v) is 2.40. The average molecular weight is 295 g/mol. The fraction of sp³-hybridized carbons (Fsp3) is 0.875. The highest BCUT2D eigenvalue weighted by Gasteiger charge is 2.08. The van der Waals surface area contributed by atoms with Crippen molar-refractivity contribution in [1.82, 2.24) is 9.80 Å². The van der Waals surface area contributed by atoms with Crippen LogP contribution >= 0.6 is 0 Å². The Morgan fingerprint density at radius 3 is 1.55 bits per heavy atom. The van der Waals surface area contributed by atoms with E-state index in [4.69, 9.17) is 0 Å². The normalized spacial score (nSPS) is 7.40. The summed E-state index contributed by atoms with van der Waals surface area (Å²) in [5, 5.41) is 0. The third-order valence-electron chi connectivity index (χ3n) is 2.40. The molecule has 0 heterocycles. The predicted octanol–water partition coefficient (Wildman–Crippen LogP) is 4.29. The molecule has 128 valence electrons. The lowest BCUT2D eigenvalue weighted by Crippen LogP contribution is -2.33. The maximum absolute atomic E-state index is 11.2. The van der Waals surface area contributed by atoms with Gasteiger partial charge in [-0.1, -0.05) is 44.1 Å². The summed E-state index contributed by atoms with van der Waals surface area (Å²) < 4.78 is 0. The molecule has 0 aromatic rings. The first kappa shape index (κ1) is 36.4. The zero-order valence-corrected chi connectivity index (χ0v) is 10.2. The lowest BCUT2D eigenvalue weighted by molar-refractivity contribution is -0.129. The molecule has 0 spiro atoms. The van der Waals surface area contributed by atoms with Gasteiger partial charge in [-0.3, -0.25) is 9.59 Å². The van der Waals surface area contributed by atoms with Gasteiger partial charge in [-0.15, -0.1) is 0 Å². The molecule has 0 bridgehead atoms. The molecule has 0 aromatic carbocycles. The molecule has 4 heteroatoms. The molecule has 0 aromatic heterocycles. The number of carbonyl (C=O) groups excluding carboxylic acids is 2. The molecule has 0 radical (unpaired) electrons. The van der Waals surface area contributed by atoms with Crippen molar-refractivity contribution in [2.75, 3.05) is 26.7 Å². The first-order valence-corrected chi connectivity index (χ1v) is 5.46. The highest BCUT2D eigenvalue weighted by molar-refractivity contribution is 5.73. The van der Waals surface area contributed by atoms with Gasteiger partial charge in [0.25, 0.3) is 0 Å². The fourth-order valence-electron chi connectivity index (χ4n) is 1.35. The molecule has 0 fully saturated rings. The molecular weight excluding hydrogens is 252 g/mol. The minimum atomic E-state index is 0. The SMILES string of the molecule is C.C.C.C.C.CCCN(CCCN(C)C(C)=O)C(C)=O. The van der Waals surface area contributed by atoms with Gasteiger partial charge in [-0.05, 0) is 12.8 Å². The number of carbonyl (C=O) groups is 2. The highest BCUT2D eigenvalue weighted by Crippen LogP contribution is 1.96. The van der Waals surface area contributed by atoms with Crippen LogP contribution in [0.2, 0.25) is 0 Å². The van der Waals surface area contributed by atoms with Crippen molar-refractivity contribution in [1.29, 1.82) is 0 Å². The summed E-state index contributed by atoms with van der Waals surface area (Å²) in [4.78, 5) is 25.6. The van der Waals surface area contributed by atoms with Gasteiger partial charge >= 0.3 is 0 Å². The van der Waals surface area contributed by atoms with Crippen LogP contribution in [-0.4, -0.2) is 48.3 Å². The summed E-state index contributed by atoms with van der Waals surface area (Å²) in [5.41, 5.74) is 0. The zero-order valence-electron chi connectivity index (χ0n) is 10.2. The van der Waals surface area contributed by atoms with Crippen molar-refractivity contribution < 1.29 is 9.59 Å². The highest BCUT2D eigenvalue weighted by atomic mass is 16.2. The lowest BCUT2D eigenvalue weighted by Gasteiger charge is -2.22. The van der Waals surface area contributed by atoms with Crippen LogP contribution in [-0.2, 0) is 9.59 Å². The predicted molar refractivity (Wildman–Crippen MR) is 94.1 cm³/mol. The van der Waals surface area contributed by atoms with Gasteiger partial charge in [0.1, 0.15) is 0 Å². The van der Waals surface area contributed by atoms with E-state index in [1.165, 1.54) is 0 Å². The van der Waals surface area contributed by atoms with Crippen molar-refractivity contribution in [3.63, 3.8) is 0 Å². The monoisotopic (exact) mass is 294 g/mol. The molecule has 4 nitrogen and oxygen atoms in total. The molecule has 0 aliphatic heterocycles. The number of hydrogen-bond acceptors (Lipinski definition) is 2. The molecule has 0 N–H and O–H groups in total. The molecule has 0 aliphatic rings. The molecule has 0 saturated carbocycles. The van der Waals surface area contributed by atoms with Crippen molar-refractivity contribution in [2.24, 2.45) is 0 Å². The summed E-state index contributed by atoms with van der Waals surface area (Å²) in [7, 11) is 1.78. The van der Waals surface area contributed by atoms with Crippen LogP contribution in [0.1, 0.15) is 70.7 Å². The average Bonchev–Trinajstić information content (AvgIpc) is 2.15. The van der Waals surface area contributed by atoms with Crippen LogP contribution < -0.4 is 0 Å². The summed E-state index contributed by atoms with van der Waals surface area (Å²) in [6, 6.07) is 0. The van der Waals surface area contributed by atoms with E-state index >= 15 is 0 Å². The Morgan fingerprint density at radius 2 is 1.25 bits per heavy atom. The van der Waals surface area contributed by atoms with Gasteiger partial charge in [0.2, 0.25) is 11.8 Å². The van der Waals surface area contributed by atoms with Crippen LogP contribution in [0.3, 0.4) is 0 Å². The summed E-state index contributed by atoms with van der Waals surface area (Å²) in [5.74, 6) is 0.183. The van der Waals surface area contributed by atoms with Crippen molar-refractivity contribution >= 4 is 11.8 Å². The number of nitrogens with zero attached hydrogens (tertiary/aromatic N) is 2. The second-order valence-corrected chi connectivity index (χ2v) is 3.80. The Labute approximate surface area is 129 Å². The van der Waals surface area contributed by atoms with Crippen LogP contribution in [0.4, 0.5) is 0 Å². The topological polar surface area (TPSA) is 40.6 Å². The second kappa shape index (κ2) is 20.3. The Bertz CT molecular complexity index is 219. The third kappa shape index (κ3) is 16.9.